The molecule has 0 saturated heterocycles. The Kier molecular flexibility index (Phi) is 5.25. The summed E-state index contributed by atoms with van der Waals surface area (Å²) >= 11 is 9.58. The van der Waals surface area contributed by atoms with E-state index >= 15 is 0 Å². The molecular weight excluding hydrogens is 282 g/mol. The van der Waals surface area contributed by atoms with Crippen LogP contribution in [0.2, 0.25) is 4.34 Å². The molecule has 2 rings (SSSR count). The highest BCUT2D eigenvalue weighted by Gasteiger charge is 2.19. The molecule has 4 heteroatoms. The zero-order valence-electron chi connectivity index (χ0n) is 10.7. The van der Waals surface area contributed by atoms with Gasteiger partial charge in [-0.3, -0.25) is 0 Å². The Morgan fingerprint density at radius 3 is 2.72 bits per heavy atom. The van der Waals surface area contributed by atoms with Crippen molar-refractivity contribution in [2.45, 2.75) is 32.7 Å². The molecule has 2 aromatic heterocycles. The van der Waals surface area contributed by atoms with Crippen LogP contribution in [0.1, 0.15) is 41.6 Å². The largest absolute Gasteiger partial charge is 0.305 e. The molecule has 0 amide bonds. The van der Waals surface area contributed by atoms with Gasteiger partial charge >= 0.3 is 0 Å². The fourth-order valence-electron chi connectivity index (χ4n) is 1.99. The second-order valence-corrected chi connectivity index (χ2v) is 6.89. The van der Waals surface area contributed by atoms with Gasteiger partial charge < -0.3 is 5.32 Å². The Morgan fingerprint density at radius 1 is 1.28 bits per heavy atom. The van der Waals surface area contributed by atoms with Gasteiger partial charge in [0.1, 0.15) is 0 Å². The molecule has 0 bridgehead atoms. The van der Waals surface area contributed by atoms with Gasteiger partial charge in [0.15, 0.2) is 0 Å². The average molecular weight is 300 g/mol. The number of hydrogen-bond acceptors (Lipinski definition) is 3. The first kappa shape index (κ1) is 14.1. The van der Waals surface area contributed by atoms with Crippen LogP contribution in [0.3, 0.4) is 0 Å². The highest BCUT2D eigenvalue weighted by atomic mass is 35.5. The standard InChI is InChI=1S/C14H18ClNS2/c1-3-8-16-13(11-5-6-12(15)18-11)14-10(4-2)7-9-17-14/h5-7,9,13,16H,3-4,8H2,1-2H3. The maximum absolute atomic E-state index is 6.07. The SMILES string of the molecule is CCCNC(c1ccc(Cl)s1)c1sccc1CC. The molecule has 2 aromatic rings. The Morgan fingerprint density at radius 2 is 2.11 bits per heavy atom. The van der Waals surface area contributed by atoms with E-state index in [-0.39, 0.29) is 0 Å². The van der Waals surface area contributed by atoms with Gasteiger partial charge in [0.05, 0.1) is 10.4 Å². The smallest absolute Gasteiger partial charge is 0.0931 e. The van der Waals surface area contributed by atoms with E-state index in [0.717, 1.165) is 23.7 Å². The molecule has 0 spiro atoms. The van der Waals surface area contributed by atoms with Gasteiger partial charge in [-0.1, -0.05) is 25.4 Å². The number of thiophene rings is 2. The first-order chi connectivity index (χ1) is 8.76. The van der Waals surface area contributed by atoms with Crippen molar-refractivity contribution < 1.29 is 0 Å². The van der Waals surface area contributed by atoms with Crippen LogP contribution in [0, 0.1) is 0 Å². The molecule has 0 fully saturated rings. The van der Waals surface area contributed by atoms with E-state index in [1.165, 1.54) is 15.3 Å². The number of nitrogens with one attached hydrogen (secondary N) is 1. The Balaban J connectivity index is 2.30. The lowest BCUT2D eigenvalue weighted by atomic mass is 10.1. The van der Waals surface area contributed by atoms with Crippen molar-refractivity contribution in [3.63, 3.8) is 0 Å². The fourth-order valence-corrected chi connectivity index (χ4v) is 4.30. The highest BCUT2D eigenvalue weighted by molar-refractivity contribution is 7.16. The zero-order chi connectivity index (χ0) is 13.0. The van der Waals surface area contributed by atoms with E-state index in [0.29, 0.717) is 6.04 Å². The van der Waals surface area contributed by atoms with Gasteiger partial charge in [-0.05, 0) is 48.5 Å². The topological polar surface area (TPSA) is 12.0 Å². The first-order valence-electron chi connectivity index (χ1n) is 6.31. The predicted molar refractivity (Wildman–Crippen MR) is 83.2 cm³/mol. The van der Waals surface area contributed by atoms with Crippen LogP contribution in [0.4, 0.5) is 0 Å². The lowest BCUT2D eigenvalue weighted by Crippen LogP contribution is -2.22. The minimum Gasteiger partial charge on any atom is -0.305 e. The molecule has 0 aromatic carbocycles. The van der Waals surface area contributed by atoms with E-state index in [9.17, 15) is 0 Å². The van der Waals surface area contributed by atoms with Gasteiger partial charge in [0, 0.05) is 9.75 Å². The molecule has 0 aliphatic carbocycles. The van der Waals surface area contributed by atoms with Gasteiger partial charge in [-0.25, -0.2) is 0 Å². The van der Waals surface area contributed by atoms with Crippen molar-refractivity contribution >= 4 is 34.3 Å². The fraction of sp³-hybridized carbons (Fsp3) is 0.429. The third kappa shape index (κ3) is 3.15. The summed E-state index contributed by atoms with van der Waals surface area (Å²) < 4.78 is 0.864. The van der Waals surface area contributed by atoms with Crippen LogP contribution in [0.5, 0.6) is 0 Å². The molecule has 0 aliphatic rings. The Hall–Kier alpha value is -0.350. The van der Waals surface area contributed by atoms with Gasteiger partial charge in [0.2, 0.25) is 0 Å². The van der Waals surface area contributed by atoms with Crippen molar-refractivity contribution in [3.05, 3.63) is 43.2 Å². The summed E-state index contributed by atoms with van der Waals surface area (Å²) in [5.41, 5.74) is 1.44. The summed E-state index contributed by atoms with van der Waals surface area (Å²) in [6.07, 6.45) is 2.23. The predicted octanol–water partition coefficient (Wildman–Crippen LogP) is 5.11. The summed E-state index contributed by atoms with van der Waals surface area (Å²) in [5, 5.41) is 5.82. The normalized spacial score (nSPS) is 12.8. The molecule has 2 heterocycles. The van der Waals surface area contributed by atoms with Crippen LogP contribution >= 0.6 is 34.3 Å². The monoisotopic (exact) mass is 299 g/mol. The lowest BCUT2D eigenvalue weighted by molar-refractivity contribution is 0.610. The molecule has 1 unspecified atom stereocenters. The zero-order valence-corrected chi connectivity index (χ0v) is 13.1. The van der Waals surface area contributed by atoms with Crippen molar-refractivity contribution in [1.29, 1.82) is 0 Å². The molecule has 18 heavy (non-hydrogen) atoms. The number of rotatable bonds is 6. The molecule has 1 atom stereocenters. The molecule has 1 nitrogen and oxygen atoms in total. The van der Waals surface area contributed by atoms with Crippen LogP contribution in [-0.4, -0.2) is 6.54 Å². The summed E-state index contributed by atoms with van der Waals surface area (Å²) in [6.45, 7) is 5.44. The Bertz CT molecular complexity index is 489. The molecule has 1 N–H and O–H groups in total. The quantitative estimate of drug-likeness (QED) is 0.781. The van der Waals surface area contributed by atoms with Crippen molar-refractivity contribution in [2.75, 3.05) is 6.54 Å². The molecule has 0 aliphatic heterocycles. The van der Waals surface area contributed by atoms with Crippen molar-refractivity contribution in [1.82, 2.24) is 5.32 Å². The Labute approximate surface area is 122 Å². The maximum atomic E-state index is 6.07. The maximum Gasteiger partial charge on any atom is 0.0931 e. The lowest BCUT2D eigenvalue weighted by Gasteiger charge is -2.17. The molecule has 0 saturated carbocycles. The third-order valence-corrected chi connectivity index (χ3v) is 5.22. The van der Waals surface area contributed by atoms with Gasteiger partial charge in [-0.15, -0.1) is 22.7 Å². The minimum atomic E-state index is 0.303. The number of aryl methyl sites for hydroxylation is 1. The first-order valence-corrected chi connectivity index (χ1v) is 8.38. The summed E-state index contributed by atoms with van der Waals surface area (Å²) in [4.78, 5) is 2.75. The third-order valence-electron chi connectivity index (χ3n) is 2.90. The second-order valence-electron chi connectivity index (χ2n) is 4.19. The van der Waals surface area contributed by atoms with Gasteiger partial charge in [-0.2, -0.15) is 0 Å². The van der Waals surface area contributed by atoms with E-state index in [1.807, 2.05) is 17.4 Å². The van der Waals surface area contributed by atoms with Crippen molar-refractivity contribution in [2.24, 2.45) is 0 Å². The highest BCUT2D eigenvalue weighted by Crippen LogP contribution is 2.35. The van der Waals surface area contributed by atoms with Gasteiger partial charge in [0.25, 0.3) is 0 Å². The van der Waals surface area contributed by atoms with Crippen LogP contribution in [0.25, 0.3) is 0 Å². The number of halogens is 1. The molecular formula is C14H18ClNS2. The molecule has 0 radical (unpaired) electrons. The summed E-state index contributed by atoms with van der Waals surface area (Å²) in [6, 6.07) is 6.66. The van der Waals surface area contributed by atoms with Crippen LogP contribution in [-0.2, 0) is 6.42 Å². The van der Waals surface area contributed by atoms with E-state index in [4.69, 9.17) is 11.6 Å². The second kappa shape index (κ2) is 6.71. The summed E-state index contributed by atoms with van der Waals surface area (Å²) in [7, 11) is 0. The van der Waals surface area contributed by atoms with E-state index in [2.05, 4.69) is 36.7 Å². The minimum absolute atomic E-state index is 0.303. The molecule has 98 valence electrons. The van der Waals surface area contributed by atoms with E-state index in [1.54, 1.807) is 11.3 Å². The van der Waals surface area contributed by atoms with E-state index < -0.39 is 0 Å². The van der Waals surface area contributed by atoms with Crippen LogP contribution < -0.4 is 5.32 Å². The summed E-state index contributed by atoms with van der Waals surface area (Å²) in [5.74, 6) is 0. The average Bonchev–Trinajstić information content (AvgIpc) is 2.99. The van der Waals surface area contributed by atoms with Crippen molar-refractivity contribution in [3.8, 4) is 0 Å². The number of hydrogen-bond donors (Lipinski definition) is 1. The van der Waals surface area contributed by atoms with Crippen LogP contribution in [0.15, 0.2) is 23.6 Å².